The Morgan fingerprint density at radius 3 is 2.00 bits per heavy atom. The molecule has 0 spiro atoms. The van der Waals surface area contributed by atoms with Crippen LogP contribution in [0.5, 0.6) is 0 Å². The Hall–Kier alpha value is -3.90. The van der Waals surface area contributed by atoms with Crippen LogP contribution in [0.4, 0.5) is 11.4 Å². The first-order valence-electron chi connectivity index (χ1n) is 7.97. The summed E-state index contributed by atoms with van der Waals surface area (Å²) in [5, 5.41) is 24.0. The molecule has 13 heteroatoms. The maximum absolute atomic E-state index is 12.4. The quantitative estimate of drug-likeness (QED) is 0.262. The van der Waals surface area contributed by atoms with Gasteiger partial charge in [0.1, 0.15) is 18.3 Å². The summed E-state index contributed by atoms with van der Waals surface area (Å²) in [4.78, 5) is 67.0. The van der Waals surface area contributed by atoms with E-state index in [-0.39, 0.29) is 0 Å². The minimum atomic E-state index is -1.54. The minimum absolute atomic E-state index is 0.470. The van der Waals surface area contributed by atoms with Crippen molar-refractivity contribution in [3.05, 3.63) is 44.0 Å². The second-order valence-corrected chi connectivity index (χ2v) is 5.80. The van der Waals surface area contributed by atoms with E-state index in [1.807, 2.05) is 0 Å². The number of esters is 2. The fraction of sp³-hybridized carbons (Fsp3) is 0.375. The number of Topliss-reactive ketones (excluding diaryl/α,β-unsaturated/α-hetero) is 1. The lowest BCUT2D eigenvalue weighted by atomic mass is 10.1. The number of nitro groups is 2. The van der Waals surface area contributed by atoms with Crippen molar-refractivity contribution in [1.29, 1.82) is 0 Å². The van der Waals surface area contributed by atoms with Gasteiger partial charge in [-0.1, -0.05) is 0 Å². The fourth-order valence-electron chi connectivity index (χ4n) is 2.18. The fourth-order valence-corrected chi connectivity index (χ4v) is 2.18. The van der Waals surface area contributed by atoms with Crippen LogP contribution in [0.15, 0.2) is 18.2 Å². The average molecular weight is 411 g/mol. The number of carbonyl (C=O) groups is 4. The van der Waals surface area contributed by atoms with Gasteiger partial charge in [-0.15, -0.1) is 0 Å². The van der Waals surface area contributed by atoms with E-state index in [1.165, 1.54) is 6.92 Å². The number of methoxy groups -OCH3 is 1. The van der Waals surface area contributed by atoms with E-state index < -0.39 is 69.0 Å². The zero-order chi connectivity index (χ0) is 22.3. The van der Waals surface area contributed by atoms with E-state index in [0.717, 1.165) is 26.2 Å². The number of ketones is 1. The van der Waals surface area contributed by atoms with E-state index in [2.05, 4.69) is 10.1 Å². The van der Waals surface area contributed by atoms with Crippen molar-refractivity contribution < 1.29 is 38.5 Å². The molecule has 13 nitrogen and oxygen atoms in total. The van der Waals surface area contributed by atoms with Gasteiger partial charge >= 0.3 is 11.9 Å². The van der Waals surface area contributed by atoms with Crippen LogP contribution in [-0.4, -0.2) is 52.7 Å². The molecular weight excluding hydrogens is 394 g/mol. The summed E-state index contributed by atoms with van der Waals surface area (Å²) in [7, 11) is 1.00. The highest BCUT2D eigenvalue weighted by Gasteiger charge is 2.32. The Labute approximate surface area is 163 Å². The Balaban J connectivity index is 3.14. The smallest absolute Gasteiger partial charge is 0.332 e. The number of benzene rings is 1. The van der Waals surface area contributed by atoms with Crippen LogP contribution in [0.3, 0.4) is 0 Å². The molecule has 0 radical (unpaired) electrons. The summed E-state index contributed by atoms with van der Waals surface area (Å²) in [6.07, 6.45) is -1.82. The molecule has 1 aromatic rings. The molecule has 0 saturated heterocycles. The predicted molar refractivity (Wildman–Crippen MR) is 93.9 cm³/mol. The number of rotatable bonds is 9. The Morgan fingerprint density at radius 2 is 1.59 bits per heavy atom. The molecule has 156 valence electrons. The topological polar surface area (TPSA) is 185 Å². The van der Waals surface area contributed by atoms with Crippen molar-refractivity contribution >= 4 is 35.0 Å². The number of nitro benzene ring substituents is 2. The molecule has 0 bridgehead atoms. The molecule has 0 unspecified atom stereocenters. The molecule has 0 fully saturated rings. The molecule has 0 aliphatic heterocycles. The first-order chi connectivity index (χ1) is 13.5. The molecule has 0 saturated carbocycles. The lowest BCUT2D eigenvalue weighted by molar-refractivity contribution is -0.394. The molecule has 1 aromatic carbocycles. The normalized spacial score (nSPS) is 12.2. The van der Waals surface area contributed by atoms with Crippen molar-refractivity contribution in [2.75, 3.05) is 7.11 Å². The number of hydrogen-bond acceptors (Lipinski definition) is 10. The van der Waals surface area contributed by atoms with Crippen LogP contribution >= 0.6 is 0 Å². The number of amides is 1. The van der Waals surface area contributed by atoms with Gasteiger partial charge in [0.05, 0.1) is 28.6 Å². The molecule has 1 amide bonds. The maximum Gasteiger partial charge on any atom is 0.332 e. The number of nitrogens with one attached hydrogen (secondary N) is 1. The van der Waals surface area contributed by atoms with Gasteiger partial charge in [0.2, 0.25) is 0 Å². The lowest BCUT2D eigenvalue weighted by Gasteiger charge is -2.23. The zero-order valence-electron chi connectivity index (χ0n) is 15.6. The largest absolute Gasteiger partial charge is 0.467 e. The molecule has 2 atom stereocenters. The van der Waals surface area contributed by atoms with Crippen LogP contribution in [0.1, 0.15) is 30.6 Å². The second kappa shape index (κ2) is 9.87. The summed E-state index contributed by atoms with van der Waals surface area (Å²) in [6, 6.07) is 0.689. The van der Waals surface area contributed by atoms with E-state index in [1.54, 1.807) is 0 Å². The highest BCUT2D eigenvalue weighted by atomic mass is 16.6. The molecule has 0 aliphatic rings. The number of ether oxygens (including phenoxy) is 2. The third-order valence-corrected chi connectivity index (χ3v) is 3.51. The number of carbonyl (C=O) groups excluding carboxylic acids is 4. The van der Waals surface area contributed by atoms with Crippen molar-refractivity contribution in [2.45, 2.75) is 32.4 Å². The van der Waals surface area contributed by atoms with Gasteiger partial charge in [-0.2, -0.15) is 0 Å². The SMILES string of the molecule is COC(=O)[C@H](NC(=O)c1cc([N+](=O)[O-])cc([N+](=O)[O-])c1)[C@H](C)OC(=O)CC(C)=O. The highest BCUT2D eigenvalue weighted by molar-refractivity contribution is 5.98. The first kappa shape index (κ1) is 23.1. The molecule has 1 N–H and O–H groups in total. The van der Waals surface area contributed by atoms with Gasteiger partial charge in [0, 0.05) is 12.1 Å². The molecule has 0 aliphatic carbocycles. The van der Waals surface area contributed by atoms with Crippen LogP contribution in [0, 0.1) is 20.2 Å². The number of non-ortho nitro benzene ring substituents is 2. The molecule has 29 heavy (non-hydrogen) atoms. The van der Waals surface area contributed by atoms with Crippen molar-refractivity contribution in [3.8, 4) is 0 Å². The van der Waals surface area contributed by atoms with Crippen molar-refractivity contribution in [1.82, 2.24) is 5.32 Å². The average Bonchev–Trinajstić information content (AvgIpc) is 2.63. The molecule has 0 heterocycles. The van der Waals surface area contributed by atoms with Crippen LogP contribution in [0.25, 0.3) is 0 Å². The number of nitrogens with zero attached hydrogens (tertiary/aromatic N) is 2. The Kier molecular flexibility index (Phi) is 7.87. The van der Waals surface area contributed by atoms with E-state index in [4.69, 9.17) is 4.74 Å². The maximum atomic E-state index is 12.4. The molecule has 1 rings (SSSR count). The Morgan fingerprint density at radius 1 is 1.07 bits per heavy atom. The summed E-state index contributed by atoms with van der Waals surface area (Å²) < 4.78 is 9.44. The van der Waals surface area contributed by atoms with Gasteiger partial charge in [0.15, 0.2) is 6.04 Å². The minimum Gasteiger partial charge on any atom is -0.467 e. The monoisotopic (exact) mass is 411 g/mol. The van der Waals surface area contributed by atoms with E-state index in [0.29, 0.717) is 6.07 Å². The first-order valence-corrected chi connectivity index (χ1v) is 7.97. The third kappa shape index (κ3) is 6.64. The summed E-state index contributed by atoms with van der Waals surface area (Å²) in [5.74, 6) is -3.52. The summed E-state index contributed by atoms with van der Waals surface area (Å²) in [6.45, 7) is 2.40. The summed E-state index contributed by atoms with van der Waals surface area (Å²) in [5.41, 5.74) is -1.89. The number of hydrogen-bond donors (Lipinski definition) is 1. The molecular formula is C16H17N3O10. The summed E-state index contributed by atoms with van der Waals surface area (Å²) >= 11 is 0. The highest BCUT2D eigenvalue weighted by Crippen LogP contribution is 2.23. The second-order valence-electron chi connectivity index (χ2n) is 5.80. The van der Waals surface area contributed by atoms with Gasteiger partial charge < -0.3 is 14.8 Å². The van der Waals surface area contributed by atoms with Crippen LogP contribution in [-0.2, 0) is 23.9 Å². The Bertz CT molecular complexity index is 834. The van der Waals surface area contributed by atoms with Gasteiger partial charge in [0.25, 0.3) is 17.3 Å². The van der Waals surface area contributed by atoms with E-state index >= 15 is 0 Å². The van der Waals surface area contributed by atoms with Crippen LogP contribution in [0.2, 0.25) is 0 Å². The van der Waals surface area contributed by atoms with Gasteiger partial charge in [-0.25, -0.2) is 4.79 Å². The molecule has 0 aromatic heterocycles. The van der Waals surface area contributed by atoms with Gasteiger partial charge in [-0.05, 0) is 13.8 Å². The van der Waals surface area contributed by atoms with Gasteiger partial charge in [-0.3, -0.25) is 34.6 Å². The lowest BCUT2D eigenvalue weighted by Crippen LogP contribution is -2.49. The third-order valence-electron chi connectivity index (χ3n) is 3.51. The van der Waals surface area contributed by atoms with Crippen LogP contribution < -0.4 is 5.32 Å². The van der Waals surface area contributed by atoms with E-state index in [9.17, 15) is 39.4 Å². The standard InChI is InChI=1S/C16H17N3O10/c1-8(20)4-13(21)29-9(2)14(16(23)28-3)17-15(22)10-5-11(18(24)25)7-12(6-10)19(26)27/h5-7,9,14H,4H2,1-3H3,(H,17,22)/t9-,14+/m0/s1. The zero-order valence-corrected chi connectivity index (χ0v) is 15.6. The predicted octanol–water partition coefficient (Wildman–Crippen LogP) is 0.685. The van der Waals surface area contributed by atoms with Crippen molar-refractivity contribution in [3.63, 3.8) is 0 Å². The van der Waals surface area contributed by atoms with Crippen molar-refractivity contribution in [2.24, 2.45) is 0 Å².